The number of fused-ring (bicyclic) bond motifs is 6. The van der Waals surface area contributed by atoms with Gasteiger partial charge in [0.05, 0.1) is 5.56 Å². The van der Waals surface area contributed by atoms with Gasteiger partial charge in [0.1, 0.15) is 11.2 Å². The van der Waals surface area contributed by atoms with E-state index in [-0.39, 0.29) is 0 Å². The monoisotopic (exact) mass is 735 g/mol. The number of hydrogen-bond donors (Lipinski definition) is 0. The molecule has 3 aromatic heterocycles. The highest BCUT2D eigenvalue weighted by molar-refractivity contribution is 7.26. The molecular weight excluding hydrogens is 703 g/mol. The molecule has 0 atom stereocenters. The number of rotatable bonds is 6. The van der Waals surface area contributed by atoms with E-state index >= 15 is 0 Å². The predicted molar refractivity (Wildman–Crippen MR) is 233 cm³/mol. The first kappa shape index (κ1) is 32.5. The molecule has 4 nitrogen and oxygen atoms in total. The van der Waals surface area contributed by atoms with Crippen molar-refractivity contribution in [2.24, 2.45) is 0 Å². The minimum atomic E-state index is 0.592. The minimum Gasteiger partial charge on any atom is -0.455 e. The Morgan fingerprint density at radius 2 is 1.14 bits per heavy atom. The van der Waals surface area contributed by atoms with Crippen molar-refractivity contribution in [2.75, 3.05) is 0 Å². The van der Waals surface area contributed by atoms with Crippen LogP contribution in [0.25, 0.3) is 98.3 Å². The third-order valence-corrected chi connectivity index (χ3v) is 12.0. The van der Waals surface area contributed by atoms with Gasteiger partial charge < -0.3 is 4.42 Å². The highest BCUT2D eigenvalue weighted by Crippen LogP contribution is 2.47. The molecule has 0 saturated heterocycles. The highest BCUT2D eigenvalue weighted by Gasteiger charge is 2.22. The van der Waals surface area contributed by atoms with Crippen molar-refractivity contribution in [3.8, 4) is 45.0 Å². The van der Waals surface area contributed by atoms with E-state index in [9.17, 15) is 0 Å². The second-order valence-corrected chi connectivity index (χ2v) is 15.3. The Kier molecular flexibility index (Phi) is 7.78. The first-order chi connectivity index (χ1) is 27.7. The highest BCUT2D eigenvalue weighted by atomic mass is 32.1. The van der Waals surface area contributed by atoms with E-state index in [0.717, 1.165) is 57.0 Å². The maximum Gasteiger partial charge on any atom is 0.167 e. The first-order valence-corrected chi connectivity index (χ1v) is 19.8. The van der Waals surface area contributed by atoms with E-state index in [1.165, 1.54) is 48.0 Å². The number of thiophene rings is 1. The number of para-hydroxylation sites is 1. The van der Waals surface area contributed by atoms with Gasteiger partial charge in [0.2, 0.25) is 0 Å². The average molecular weight is 736 g/mol. The molecule has 5 heteroatoms. The quantitative estimate of drug-likeness (QED) is 0.171. The number of furan rings is 1. The van der Waals surface area contributed by atoms with Crippen LogP contribution < -0.4 is 0 Å². The Bertz CT molecular complexity index is 3180. The summed E-state index contributed by atoms with van der Waals surface area (Å²) in [5.74, 6) is 1.92. The number of allylic oxidation sites excluding steroid dienone is 4. The van der Waals surface area contributed by atoms with Crippen molar-refractivity contribution >= 4 is 64.6 Å². The molecule has 0 fully saturated rings. The summed E-state index contributed by atoms with van der Waals surface area (Å²) >= 11 is 1.85. The van der Waals surface area contributed by atoms with E-state index in [4.69, 9.17) is 19.4 Å². The zero-order chi connectivity index (χ0) is 37.0. The Hall–Kier alpha value is -6.95. The van der Waals surface area contributed by atoms with Crippen LogP contribution in [0, 0.1) is 0 Å². The van der Waals surface area contributed by atoms with E-state index in [1.807, 2.05) is 29.5 Å². The molecule has 0 radical (unpaired) electrons. The van der Waals surface area contributed by atoms with Crippen molar-refractivity contribution in [3.63, 3.8) is 0 Å². The first-order valence-electron chi connectivity index (χ1n) is 19.0. The summed E-state index contributed by atoms with van der Waals surface area (Å²) in [7, 11) is 0. The standard InChI is InChI=1S/C51H33N3OS/c1-4-15-32(16-5-1)35-21-12-22-36(29-35)50-52-49(34-19-8-3-9-20-34)53-51(54-50)41-26-13-25-40-46-39(24-14-27-44(46)55-47(40)41)43-31-37(33-17-6-2-7-18-33)30-42-38-23-10-11-28-45(38)56-48(42)43/h1-11,13-21,23-31H,12,22H2. The van der Waals surface area contributed by atoms with Crippen molar-refractivity contribution in [1.29, 1.82) is 0 Å². The van der Waals surface area contributed by atoms with Crippen LogP contribution in [0.2, 0.25) is 0 Å². The molecule has 0 spiro atoms. The zero-order valence-electron chi connectivity index (χ0n) is 30.3. The van der Waals surface area contributed by atoms with E-state index < -0.39 is 0 Å². The smallest absolute Gasteiger partial charge is 0.167 e. The van der Waals surface area contributed by atoms with Crippen LogP contribution in [-0.4, -0.2) is 15.0 Å². The Labute approximate surface area is 327 Å². The van der Waals surface area contributed by atoms with Crippen LogP contribution in [0.15, 0.2) is 180 Å². The van der Waals surface area contributed by atoms with Gasteiger partial charge in [0.15, 0.2) is 17.5 Å². The van der Waals surface area contributed by atoms with E-state index in [2.05, 4.69) is 158 Å². The molecule has 0 bridgehead atoms. The third-order valence-electron chi connectivity index (χ3n) is 10.8. The van der Waals surface area contributed by atoms with Crippen LogP contribution in [0.3, 0.4) is 0 Å². The fraction of sp³-hybridized carbons (Fsp3) is 0.0392. The fourth-order valence-electron chi connectivity index (χ4n) is 8.14. The van der Waals surface area contributed by atoms with Gasteiger partial charge in [-0.3, -0.25) is 0 Å². The molecule has 3 heterocycles. The summed E-state index contributed by atoms with van der Waals surface area (Å²) in [6.45, 7) is 0. The maximum absolute atomic E-state index is 6.87. The lowest BCUT2D eigenvalue weighted by atomic mass is 9.93. The van der Waals surface area contributed by atoms with E-state index in [0.29, 0.717) is 17.5 Å². The fourth-order valence-corrected chi connectivity index (χ4v) is 9.35. The number of benzene rings is 7. The molecule has 1 aliphatic carbocycles. The van der Waals surface area contributed by atoms with Crippen LogP contribution in [0.4, 0.5) is 0 Å². The maximum atomic E-state index is 6.87. The summed E-state index contributed by atoms with van der Waals surface area (Å²) in [5, 5.41) is 4.65. The van der Waals surface area contributed by atoms with Crippen LogP contribution in [0.1, 0.15) is 24.2 Å². The molecule has 0 aliphatic heterocycles. The number of hydrogen-bond acceptors (Lipinski definition) is 5. The predicted octanol–water partition coefficient (Wildman–Crippen LogP) is 14.1. The summed E-state index contributed by atoms with van der Waals surface area (Å²) in [6, 6.07) is 57.5. The lowest BCUT2D eigenvalue weighted by Crippen LogP contribution is -2.04. The Morgan fingerprint density at radius 3 is 1.96 bits per heavy atom. The summed E-state index contributed by atoms with van der Waals surface area (Å²) < 4.78 is 9.42. The van der Waals surface area contributed by atoms with Gasteiger partial charge in [0.25, 0.3) is 0 Å². The van der Waals surface area contributed by atoms with Gasteiger partial charge in [0, 0.05) is 42.1 Å². The van der Waals surface area contributed by atoms with E-state index in [1.54, 1.807) is 0 Å². The van der Waals surface area contributed by atoms with Crippen molar-refractivity contribution in [3.05, 3.63) is 187 Å². The topological polar surface area (TPSA) is 51.8 Å². The van der Waals surface area contributed by atoms with Crippen molar-refractivity contribution < 1.29 is 4.42 Å². The van der Waals surface area contributed by atoms with Gasteiger partial charge in [-0.15, -0.1) is 11.3 Å². The number of nitrogens with zero attached hydrogens (tertiary/aromatic N) is 3. The molecule has 0 saturated carbocycles. The second kappa shape index (κ2) is 13.4. The van der Waals surface area contributed by atoms with Gasteiger partial charge >= 0.3 is 0 Å². The van der Waals surface area contributed by atoms with Crippen LogP contribution in [-0.2, 0) is 0 Å². The molecule has 11 rings (SSSR count). The molecule has 56 heavy (non-hydrogen) atoms. The summed E-state index contributed by atoms with van der Waals surface area (Å²) in [6.07, 6.45) is 6.30. The molecule has 1 aliphatic rings. The minimum absolute atomic E-state index is 0.592. The van der Waals surface area contributed by atoms with Crippen LogP contribution in [0.5, 0.6) is 0 Å². The van der Waals surface area contributed by atoms with Gasteiger partial charge in [-0.2, -0.15) is 0 Å². The van der Waals surface area contributed by atoms with Gasteiger partial charge in [-0.05, 0) is 82.6 Å². The lowest BCUT2D eigenvalue weighted by molar-refractivity contribution is 0.669. The third kappa shape index (κ3) is 5.55. The van der Waals surface area contributed by atoms with Crippen LogP contribution >= 0.6 is 11.3 Å². The molecule has 0 N–H and O–H groups in total. The van der Waals surface area contributed by atoms with Crippen molar-refractivity contribution in [2.45, 2.75) is 12.8 Å². The SMILES string of the molecule is C1=C(c2ccccc2)C=C(c2nc(-c3ccccc3)nc(-c3cccc4c3oc3cccc(-c5cc(-c6ccccc6)cc6c5sc5ccccc56)c34)n2)CC1. The van der Waals surface area contributed by atoms with Gasteiger partial charge in [-0.1, -0.05) is 140 Å². The average Bonchev–Trinajstić information content (AvgIpc) is 3.86. The Morgan fingerprint density at radius 1 is 0.482 bits per heavy atom. The summed E-state index contributed by atoms with van der Waals surface area (Å²) in [5.41, 5.74) is 11.6. The molecule has 264 valence electrons. The molecule has 10 aromatic rings. The molecule has 0 unspecified atom stereocenters. The molecule has 7 aromatic carbocycles. The van der Waals surface area contributed by atoms with Crippen molar-refractivity contribution in [1.82, 2.24) is 15.0 Å². The second-order valence-electron chi connectivity index (χ2n) is 14.2. The zero-order valence-corrected chi connectivity index (χ0v) is 31.1. The Balaban J connectivity index is 1.12. The molecule has 0 amide bonds. The number of aromatic nitrogens is 3. The normalized spacial score (nSPS) is 13.1. The lowest BCUT2D eigenvalue weighted by Gasteiger charge is -2.15. The summed E-state index contributed by atoms with van der Waals surface area (Å²) in [4.78, 5) is 15.4. The largest absolute Gasteiger partial charge is 0.455 e. The van der Waals surface area contributed by atoms with Gasteiger partial charge in [-0.25, -0.2) is 15.0 Å². The molecular formula is C51H33N3OS.